The molecule has 0 aliphatic carbocycles. The summed E-state index contributed by atoms with van der Waals surface area (Å²) in [6, 6.07) is 10.3. The zero-order chi connectivity index (χ0) is 17.6. The van der Waals surface area contributed by atoms with Crippen molar-refractivity contribution in [1.82, 2.24) is 10.5 Å². The van der Waals surface area contributed by atoms with E-state index in [2.05, 4.69) is 48.5 Å². The highest BCUT2D eigenvalue weighted by molar-refractivity contribution is 5.68. The standard InChI is InChI=1S/C19H31N3O2/c1-16(2)12-19(10-11-23)14-18(3,15-21-20-4)24-22(19)13-17-8-6-5-7-9-17/h5-9,15-16,20,23H,10-14H2,1-4H3/b21-15-/t18-,19-/m1/s1. The molecule has 0 spiro atoms. The van der Waals surface area contributed by atoms with Crippen molar-refractivity contribution in [2.45, 2.75) is 57.7 Å². The van der Waals surface area contributed by atoms with E-state index in [1.54, 1.807) is 7.05 Å². The van der Waals surface area contributed by atoms with Gasteiger partial charge in [-0.25, -0.2) is 0 Å². The molecule has 1 fully saturated rings. The summed E-state index contributed by atoms with van der Waals surface area (Å²) in [4.78, 5) is 6.36. The Balaban J connectivity index is 2.31. The molecule has 2 rings (SSSR count). The second-order valence-corrected chi connectivity index (χ2v) is 7.38. The number of aliphatic hydroxyl groups is 1. The molecular weight excluding hydrogens is 302 g/mol. The Morgan fingerprint density at radius 3 is 2.67 bits per heavy atom. The molecule has 1 aliphatic rings. The smallest absolute Gasteiger partial charge is 0.126 e. The van der Waals surface area contributed by atoms with Crippen LogP contribution in [-0.4, -0.2) is 41.2 Å². The van der Waals surface area contributed by atoms with E-state index in [1.807, 2.05) is 24.4 Å². The molecule has 0 radical (unpaired) electrons. The van der Waals surface area contributed by atoms with Crippen LogP contribution >= 0.6 is 0 Å². The first kappa shape index (κ1) is 18.9. The number of hydrogen-bond acceptors (Lipinski definition) is 5. The molecule has 1 aromatic rings. The van der Waals surface area contributed by atoms with Gasteiger partial charge in [-0.05, 0) is 31.2 Å². The third-order valence-corrected chi connectivity index (χ3v) is 4.53. The molecule has 2 N–H and O–H groups in total. The first-order chi connectivity index (χ1) is 11.4. The molecule has 1 aliphatic heterocycles. The Morgan fingerprint density at radius 2 is 2.08 bits per heavy atom. The van der Waals surface area contributed by atoms with E-state index in [-0.39, 0.29) is 12.1 Å². The first-order valence-electron chi connectivity index (χ1n) is 8.75. The van der Waals surface area contributed by atoms with E-state index < -0.39 is 5.60 Å². The van der Waals surface area contributed by atoms with E-state index in [1.165, 1.54) is 5.56 Å². The zero-order valence-electron chi connectivity index (χ0n) is 15.3. The van der Waals surface area contributed by atoms with Gasteiger partial charge in [0, 0.05) is 26.6 Å². The van der Waals surface area contributed by atoms with Crippen molar-refractivity contribution in [1.29, 1.82) is 0 Å². The van der Waals surface area contributed by atoms with Gasteiger partial charge in [0.05, 0.1) is 11.8 Å². The minimum Gasteiger partial charge on any atom is -0.396 e. The average Bonchev–Trinajstić information content (AvgIpc) is 2.78. The lowest BCUT2D eigenvalue weighted by molar-refractivity contribution is -0.211. The molecule has 1 aromatic carbocycles. The van der Waals surface area contributed by atoms with Crippen LogP contribution in [0.5, 0.6) is 0 Å². The minimum absolute atomic E-state index is 0.153. The van der Waals surface area contributed by atoms with Gasteiger partial charge in [-0.15, -0.1) is 0 Å². The number of hydroxylamine groups is 2. The highest BCUT2D eigenvalue weighted by atomic mass is 16.7. The number of nitrogens with zero attached hydrogens (tertiary/aromatic N) is 2. The van der Waals surface area contributed by atoms with Crippen molar-refractivity contribution in [3.05, 3.63) is 35.9 Å². The van der Waals surface area contributed by atoms with Crippen LogP contribution in [0, 0.1) is 5.92 Å². The highest BCUT2D eigenvalue weighted by Gasteiger charge is 2.52. The summed E-state index contributed by atoms with van der Waals surface area (Å²) in [5, 5.41) is 16.0. The second-order valence-electron chi connectivity index (χ2n) is 7.38. The van der Waals surface area contributed by atoms with Crippen molar-refractivity contribution in [2.24, 2.45) is 11.0 Å². The molecule has 0 bridgehead atoms. The maximum Gasteiger partial charge on any atom is 0.126 e. The van der Waals surface area contributed by atoms with Crippen molar-refractivity contribution in [2.75, 3.05) is 13.7 Å². The van der Waals surface area contributed by atoms with E-state index >= 15 is 0 Å². The lowest BCUT2D eigenvalue weighted by atomic mass is 9.78. The fourth-order valence-electron chi connectivity index (χ4n) is 3.80. The summed E-state index contributed by atoms with van der Waals surface area (Å²) in [6.07, 6.45) is 4.32. The fraction of sp³-hybridized carbons (Fsp3) is 0.632. The number of nitrogens with one attached hydrogen (secondary N) is 1. The fourth-order valence-corrected chi connectivity index (χ4v) is 3.80. The predicted molar refractivity (Wildman–Crippen MR) is 97.5 cm³/mol. The van der Waals surface area contributed by atoms with Crippen molar-refractivity contribution >= 4 is 6.21 Å². The Kier molecular flexibility index (Phi) is 6.38. The highest BCUT2D eigenvalue weighted by Crippen LogP contribution is 2.44. The number of hydrogen-bond donors (Lipinski definition) is 2. The normalized spacial score (nSPS) is 28.1. The summed E-state index contributed by atoms with van der Waals surface area (Å²) in [5.41, 5.74) is 3.36. The van der Waals surface area contributed by atoms with Crippen LogP contribution in [0.4, 0.5) is 0 Å². The van der Waals surface area contributed by atoms with E-state index in [4.69, 9.17) is 4.84 Å². The molecule has 134 valence electrons. The lowest BCUT2D eigenvalue weighted by Crippen LogP contribution is -2.44. The summed E-state index contributed by atoms with van der Waals surface area (Å²) >= 11 is 0. The predicted octanol–water partition coefficient (Wildman–Crippen LogP) is 2.96. The van der Waals surface area contributed by atoms with Crippen LogP contribution in [0.2, 0.25) is 0 Å². The molecule has 0 saturated carbocycles. The molecule has 0 amide bonds. The monoisotopic (exact) mass is 333 g/mol. The molecule has 0 unspecified atom stereocenters. The lowest BCUT2D eigenvalue weighted by Gasteiger charge is -2.37. The topological polar surface area (TPSA) is 57.1 Å². The van der Waals surface area contributed by atoms with Gasteiger partial charge in [0.2, 0.25) is 0 Å². The summed E-state index contributed by atoms with van der Waals surface area (Å²) in [7, 11) is 1.78. The quantitative estimate of drug-likeness (QED) is 0.567. The average molecular weight is 333 g/mol. The van der Waals surface area contributed by atoms with Gasteiger partial charge in [-0.1, -0.05) is 44.2 Å². The molecule has 2 atom stereocenters. The largest absolute Gasteiger partial charge is 0.396 e. The third kappa shape index (κ3) is 4.56. The van der Waals surface area contributed by atoms with Crippen LogP contribution < -0.4 is 5.43 Å². The van der Waals surface area contributed by atoms with Gasteiger partial charge in [0.15, 0.2) is 0 Å². The molecule has 1 heterocycles. The van der Waals surface area contributed by atoms with Gasteiger partial charge < -0.3 is 10.5 Å². The zero-order valence-corrected chi connectivity index (χ0v) is 15.3. The summed E-state index contributed by atoms with van der Waals surface area (Å²) in [5.74, 6) is 0.516. The van der Waals surface area contributed by atoms with Crippen LogP contribution in [0.3, 0.4) is 0 Å². The minimum atomic E-state index is -0.470. The maximum atomic E-state index is 9.71. The van der Waals surface area contributed by atoms with Gasteiger partial charge in [-0.2, -0.15) is 10.2 Å². The van der Waals surface area contributed by atoms with Crippen molar-refractivity contribution < 1.29 is 9.94 Å². The Morgan fingerprint density at radius 1 is 1.38 bits per heavy atom. The number of hydrazone groups is 1. The first-order valence-corrected chi connectivity index (χ1v) is 8.75. The molecule has 5 nitrogen and oxygen atoms in total. The van der Waals surface area contributed by atoms with Crippen LogP contribution in [-0.2, 0) is 11.4 Å². The summed E-state index contributed by atoms with van der Waals surface area (Å²) < 4.78 is 0. The SMILES string of the molecule is CN/N=C\[C@@]1(C)C[C@@](CCO)(CC(C)C)N(Cc2ccccc2)O1. The molecular formula is C19H31N3O2. The van der Waals surface area contributed by atoms with Gasteiger partial charge in [0.1, 0.15) is 5.60 Å². The third-order valence-electron chi connectivity index (χ3n) is 4.53. The van der Waals surface area contributed by atoms with Gasteiger partial charge in [0.25, 0.3) is 0 Å². The molecule has 24 heavy (non-hydrogen) atoms. The molecule has 1 saturated heterocycles. The number of benzene rings is 1. The number of aliphatic hydroxyl groups excluding tert-OH is 1. The van der Waals surface area contributed by atoms with Crippen molar-refractivity contribution in [3.63, 3.8) is 0 Å². The van der Waals surface area contributed by atoms with E-state index in [9.17, 15) is 5.11 Å². The Hall–Kier alpha value is -1.43. The van der Waals surface area contributed by atoms with Crippen LogP contribution in [0.1, 0.15) is 45.6 Å². The van der Waals surface area contributed by atoms with Crippen molar-refractivity contribution in [3.8, 4) is 0 Å². The van der Waals surface area contributed by atoms with Crippen LogP contribution in [0.25, 0.3) is 0 Å². The Labute approximate surface area is 145 Å². The second kappa shape index (κ2) is 8.10. The van der Waals surface area contributed by atoms with E-state index in [0.717, 1.165) is 12.8 Å². The maximum absolute atomic E-state index is 9.71. The summed E-state index contributed by atoms with van der Waals surface area (Å²) in [6.45, 7) is 7.36. The molecule has 5 heteroatoms. The number of rotatable bonds is 8. The Bertz CT molecular complexity index is 535. The van der Waals surface area contributed by atoms with E-state index in [0.29, 0.717) is 18.9 Å². The van der Waals surface area contributed by atoms with Gasteiger partial charge >= 0.3 is 0 Å². The molecule has 0 aromatic heterocycles. The van der Waals surface area contributed by atoms with Crippen LogP contribution in [0.15, 0.2) is 35.4 Å². The van der Waals surface area contributed by atoms with Gasteiger partial charge in [-0.3, -0.25) is 4.84 Å².